The summed E-state index contributed by atoms with van der Waals surface area (Å²) < 4.78 is 2.19. The number of imidazole rings is 1. The summed E-state index contributed by atoms with van der Waals surface area (Å²) >= 11 is 3.49. The van der Waals surface area contributed by atoms with E-state index in [-0.39, 0.29) is 0 Å². The van der Waals surface area contributed by atoms with Crippen molar-refractivity contribution in [2.24, 2.45) is 0 Å². The number of hydrogen-bond acceptors (Lipinski definition) is 1. The molecular formula is C12H15BrN2. The van der Waals surface area contributed by atoms with E-state index in [1.165, 1.54) is 11.1 Å². The van der Waals surface area contributed by atoms with Crippen LogP contribution < -0.4 is 0 Å². The fourth-order valence-corrected chi connectivity index (χ4v) is 2.20. The summed E-state index contributed by atoms with van der Waals surface area (Å²) in [6.07, 6.45) is 2.11. The number of fused-ring (bicyclic) bond motifs is 1. The molecule has 0 saturated heterocycles. The van der Waals surface area contributed by atoms with Gasteiger partial charge in [-0.3, -0.25) is 0 Å². The molecule has 0 aromatic carbocycles. The maximum atomic E-state index is 4.66. The highest BCUT2D eigenvalue weighted by molar-refractivity contribution is 9.08. The quantitative estimate of drug-likeness (QED) is 0.759. The first kappa shape index (κ1) is 10.7. The zero-order valence-corrected chi connectivity index (χ0v) is 10.9. The van der Waals surface area contributed by atoms with E-state index in [0.29, 0.717) is 5.92 Å². The van der Waals surface area contributed by atoms with Crippen LogP contribution in [0.3, 0.4) is 0 Å². The largest absolute Gasteiger partial charge is 0.303 e. The number of rotatable bonds is 2. The Hall–Kier alpha value is -0.830. The number of pyridine rings is 1. The fraction of sp³-hybridized carbons (Fsp3) is 0.417. The van der Waals surface area contributed by atoms with Gasteiger partial charge < -0.3 is 4.40 Å². The van der Waals surface area contributed by atoms with Gasteiger partial charge in [-0.1, -0.05) is 29.8 Å². The molecule has 2 rings (SSSR count). The molecule has 2 aromatic rings. The molecule has 0 aliphatic rings. The van der Waals surface area contributed by atoms with Crippen molar-refractivity contribution in [2.75, 3.05) is 0 Å². The molecule has 0 N–H and O–H groups in total. The number of alkyl halides is 1. The molecule has 0 fully saturated rings. The van der Waals surface area contributed by atoms with Gasteiger partial charge in [-0.05, 0) is 24.6 Å². The monoisotopic (exact) mass is 266 g/mol. The summed E-state index contributed by atoms with van der Waals surface area (Å²) in [6, 6.07) is 4.31. The lowest BCUT2D eigenvalue weighted by atomic mass is 10.2. The van der Waals surface area contributed by atoms with E-state index in [4.69, 9.17) is 0 Å². The highest BCUT2D eigenvalue weighted by Gasteiger charge is 2.12. The minimum Gasteiger partial charge on any atom is -0.303 e. The van der Waals surface area contributed by atoms with Gasteiger partial charge in [0.05, 0.1) is 11.2 Å². The highest BCUT2D eigenvalue weighted by atomic mass is 79.9. The van der Waals surface area contributed by atoms with Crippen LogP contribution in [-0.2, 0) is 5.33 Å². The number of halogens is 1. The van der Waals surface area contributed by atoms with Crippen LogP contribution in [0.5, 0.6) is 0 Å². The minimum atomic E-state index is 0.452. The lowest BCUT2D eigenvalue weighted by Gasteiger charge is -2.03. The summed E-state index contributed by atoms with van der Waals surface area (Å²) in [7, 11) is 0. The van der Waals surface area contributed by atoms with Gasteiger partial charge in [0, 0.05) is 17.4 Å². The van der Waals surface area contributed by atoms with Crippen molar-refractivity contribution in [2.45, 2.75) is 32.0 Å². The van der Waals surface area contributed by atoms with Gasteiger partial charge in [-0.15, -0.1) is 0 Å². The van der Waals surface area contributed by atoms with Crippen molar-refractivity contribution >= 4 is 21.4 Å². The average molecular weight is 267 g/mol. The molecule has 0 bridgehead atoms. The van der Waals surface area contributed by atoms with Crippen molar-refractivity contribution < 1.29 is 0 Å². The van der Waals surface area contributed by atoms with E-state index < -0.39 is 0 Å². The Balaban J connectivity index is 2.75. The van der Waals surface area contributed by atoms with Crippen LogP contribution in [-0.4, -0.2) is 9.38 Å². The third-order valence-corrected chi connectivity index (χ3v) is 3.08. The van der Waals surface area contributed by atoms with E-state index in [1.807, 2.05) is 0 Å². The second-order valence-electron chi connectivity index (χ2n) is 4.16. The zero-order chi connectivity index (χ0) is 11.0. The highest BCUT2D eigenvalue weighted by Crippen LogP contribution is 2.21. The van der Waals surface area contributed by atoms with Crippen molar-refractivity contribution in [3.63, 3.8) is 0 Å². The normalized spacial score (nSPS) is 11.5. The third kappa shape index (κ3) is 1.81. The van der Waals surface area contributed by atoms with E-state index in [0.717, 1.165) is 16.8 Å². The molecule has 0 saturated carbocycles. The van der Waals surface area contributed by atoms with Gasteiger partial charge in [0.2, 0.25) is 0 Å². The molecule has 2 heterocycles. The lowest BCUT2D eigenvalue weighted by Crippen LogP contribution is -1.96. The van der Waals surface area contributed by atoms with Gasteiger partial charge in [-0.25, -0.2) is 4.98 Å². The Labute approximate surface area is 98.5 Å². The van der Waals surface area contributed by atoms with E-state index >= 15 is 0 Å². The van der Waals surface area contributed by atoms with Crippen LogP contribution in [0.4, 0.5) is 0 Å². The molecule has 80 valence electrons. The first-order valence-corrected chi connectivity index (χ1v) is 6.29. The maximum Gasteiger partial charge on any atom is 0.116 e. The maximum absolute atomic E-state index is 4.66. The average Bonchev–Trinajstić information content (AvgIpc) is 2.55. The van der Waals surface area contributed by atoms with Crippen molar-refractivity contribution in [1.82, 2.24) is 9.38 Å². The van der Waals surface area contributed by atoms with E-state index in [2.05, 4.69) is 64.4 Å². The SMILES string of the molecule is Cc1ccn2c(C(C)C)nc(CBr)c2c1. The number of hydrogen-bond donors (Lipinski definition) is 0. The van der Waals surface area contributed by atoms with Gasteiger partial charge in [0.15, 0.2) is 0 Å². The van der Waals surface area contributed by atoms with E-state index in [9.17, 15) is 0 Å². The Morgan fingerprint density at radius 3 is 2.80 bits per heavy atom. The Morgan fingerprint density at radius 1 is 1.47 bits per heavy atom. The lowest BCUT2D eigenvalue weighted by molar-refractivity contribution is 0.768. The molecular weight excluding hydrogens is 252 g/mol. The van der Waals surface area contributed by atoms with Gasteiger partial charge in [0.25, 0.3) is 0 Å². The summed E-state index contributed by atoms with van der Waals surface area (Å²) in [6.45, 7) is 6.46. The van der Waals surface area contributed by atoms with Crippen molar-refractivity contribution in [1.29, 1.82) is 0 Å². The zero-order valence-electron chi connectivity index (χ0n) is 9.29. The molecule has 0 spiro atoms. The number of aryl methyl sites for hydroxylation is 1. The molecule has 2 aromatic heterocycles. The van der Waals surface area contributed by atoms with Crippen LogP contribution in [0, 0.1) is 6.92 Å². The molecule has 15 heavy (non-hydrogen) atoms. The van der Waals surface area contributed by atoms with Gasteiger partial charge in [0.1, 0.15) is 5.82 Å². The molecule has 0 atom stereocenters. The van der Waals surface area contributed by atoms with Gasteiger partial charge >= 0.3 is 0 Å². The molecule has 0 radical (unpaired) electrons. The second-order valence-corrected chi connectivity index (χ2v) is 4.73. The molecule has 0 aliphatic heterocycles. The first-order valence-electron chi connectivity index (χ1n) is 5.17. The Morgan fingerprint density at radius 2 is 2.20 bits per heavy atom. The number of nitrogens with zero attached hydrogens (tertiary/aromatic N) is 2. The molecule has 0 unspecified atom stereocenters. The fourth-order valence-electron chi connectivity index (χ4n) is 1.78. The summed E-state index contributed by atoms with van der Waals surface area (Å²) in [5, 5.41) is 0.812. The van der Waals surface area contributed by atoms with Crippen LogP contribution in [0.25, 0.3) is 5.52 Å². The van der Waals surface area contributed by atoms with Crippen molar-refractivity contribution in [3.05, 3.63) is 35.4 Å². The minimum absolute atomic E-state index is 0.452. The second kappa shape index (κ2) is 3.97. The van der Waals surface area contributed by atoms with E-state index in [1.54, 1.807) is 0 Å². The first-order chi connectivity index (χ1) is 7.13. The van der Waals surface area contributed by atoms with Crippen molar-refractivity contribution in [3.8, 4) is 0 Å². The molecule has 3 heteroatoms. The summed E-state index contributed by atoms with van der Waals surface area (Å²) in [5.41, 5.74) is 3.62. The Bertz CT molecular complexity index is 486. The molecule has 0 aliphatic carbocycles. The molecule has 2 nitrogen and oxygen atoms in total. The Kier molecular flexibility index (Phi) is 2.83. The smallest absolute Gasteiger partial charge is 0.116 e. The van der Waals surface area contributed by atoms with Gasteiger partial charge in [-0.2, -0.15) is 0 Å². The standard InChI is InChI=1S/C12H15BrN2/c1-8(2)12-14-10(7-13)11-6-9(3)4-5-15(11)12/h4-6,8H,7H2,1-3H3. The summed E-state index contributed by atoms with van der Waals surface area (Å²) in [5.74, 6) is 1.59. The van der Waals surface area contributed by atoms with Crippen LogP contribution in [0.15, 0.2) is 18.3 Å². The third-order valence-electron chi connectivity index (χ3n) is 2.55. The molecule has 0 amide bonds. The summed E-state index contributed by atoms with van der Waals surface area (Å²) in [4.78, 5) is 4.66. The van der Waals surface area contributed by atoms with Crippen LogP contribution in [0.2, 0.25) is 0 Å². The van der Waals surface area contributed by atoms with Crippen LogP contribution in [0.1, 0.15) is 36.8 Å². The van der Waals surface area contributed by atoms with Crippen LogP contribution >= 0.6 is 15.9 Å². The predicted molar refractivity (Wildman–Crippen MR) is 66.6 cm³/mol. The number of aromatic nitrogens is 2. The predicted octanol–water partition coefficient (Wildman–Crippen LogP) is 3.66. The topological polar surface area (TPSA) is 17.3 Å².